The molecule has 1 unspecified atom stereocenters. The summed E-state index contributed by atoms with van der Waals surface area (Å²) >= 11 is 0. The molecule has 0 saturated heterocycles. The van der Waals surface area contributed by atoms with Gasteiger partial charge < -0.3 is 45.5 Å². The minimum atomic E-state index is -1.05. The van der Waals surface area contributed by atoms with Gasteiger partial charge in [-0.25, -0.2) is 23.5 Å². The first-order valence-electron chi connectivity index (χ1n) is 31.2. The molecule has 0 bridgehead atoms. The summed E-state index contributed by atoms with van der Waals surface area (Å²) in [5.41, 5.74) is 3.78. The molecule has 6 amide bonds. The smallest absolute Gasteiger partial charge is 0.410 e. The minimum Gasteiger partial charge on any atom is -0.494 e. The van der Waals surface area contributed by atoms with Gasteiger partial charge in [0.05, 0.1) is 19.2 Å². The van der Waals surface area contributed by atoms with Crippen molar-refractivity contribution in [1.82, 2.24) is 55.8 Å². The number of hydrogen-bond donors (Lipinski definition) is 5. The number of nitrogens with zero attached hydrogens (tertiary/aromatic N) is 7. The van der Waals surface area contributed by atoms with E-state index in [1.165, 1.54) is 29.9 Å². The van der Waals surface area contributed by atoms with E-state index < -0.39 is 64.6 Å². The second-order valence-electron chi connectivity index (χ2n) is 25.3. The van der Waals surface area contributed by atoms with Crippen LogP contribution >= 0.6 is 0 Å². The number of amides is 6. The number of benzene rings is 4. The molecular formula is C68H86F2N12O8. The highest BCUT2D eigenvalue weighted by atomic mass is 19.1. The van der Waals surface area contributed by atoms with E-state index >= 15 is 4.79 Å². The van der Waals surface area contributed by atoms with Crippen molar-refractivity contribution < 1.29 is 47.0 Å². The van der Waals surface area contributed by atoms with E-state index in [4.69, 9.17) is 9.47 Å². The summed E-state index contributed by atoms with van der Waals surface area (Å²) in [6, 6.07) is 22.9. The number of anilines is 1. The molecule has 90 heavy (non-hydrogen) atoms. The van der Waals surface area contributed by atoms with Crippen LogP contribution in [-0.2, 0) is 62.9 Å². The Kier molecular flexibility index (Phi) is 23.2. The number of likely N-dealkylation sites (N-methyl/N-ethyl adjacent to an activating group) is 1. The first-order chi connectivity index (χ1) is 43.0. The van der Waals surface area contributed by atoms with Crippen molar-refractivity contribution in [3.8, 4) is 17.3 Å². The maximum atomic E-state index is 15.1. The molecule has 0 saturated carbocycles. The van der Waals surface area contributed by atoms with Crippen molar-refractivity contribution in [2.45, 2.75) is 181 Å². The van der Waals surface area contributed by atoms with Gasteiger partial charge in [0, 0.05) is 69.1 Å². The van der Waals surface area contributed by atoms with Crippen LogP contribution in [0.3, 0.4) is 0 Å². The highest BCUT2D eigenvalue weighted by Crippen LogP contribution is 2.34. The van der Waals surface area contributed by atoms with Crippen molar-refractivity contribution >= 4 is 41.3 Å². The quantitative estimate of drug-likeness (QED) is 0.0302. The average molecular weight is 1240 g/mol. The average Bonchev–Trinajstić information content (AvgIpc) is 0.984. The van der Waals surface area contributed by atoms with Crippen molar-refractivity contribution in [1.29, 1.82) is 0 Å². The summed E-state index contributed by atoms with van der Waals surface area (Å²) in [6.07, 6.45) is 11.7. The molecule has 1 aliphatic carbocycles. The Morgan fingerprint density at radius 1 is 0.789 bits per heavy atom. The lowest BCUT2D eigenvalue weighted by atomic mass is 9.83. The molecule has 8 rings (SSSR count). The van der Waals surface area contributed by atoms with Gasteiger partial charge in [-0.15, -0.1) is 10.2 Å². The van der Waals surface area contributed by atoms with Gasteiger partial charge in [-0.05, 0) is 142 Å². The van der Waals surface area contributed by atoms with Gasteiger partial charge in [-0.3, -0.25) is 28.9 Å². The van der Waals surface area contributed by atoms with Crippen molar-refractivity contribution in [3.05, 3.63) is 154 Å². The van der Waals surface area contributed by atoms with Gasteiger partial charge in [-0.1, -0.05) is 88.9 Å². The fourth-order valence-electron chi connectivity index (χ4n) is 11.1. The number of carbonyl (C=O) groups excluding carboxylic acids is 6. The van der Waals surface area contributed by atoms with Crippen LogP contribution in [0.5, 0.6) is 5.75 Å². The number of ether oxygens (including phenoxy) is 2. The van der Waals surface area contributed by atoms with Crippen LogP contribution in [0.25, 0.3) is 11.5 Å². The fourth-order valence-corrected chi connectivity index (χ4v) is 11.1. The summed E-state index contributed by atoms with van der Waals surface area (Å²) in [5.74, 6) is -1.41. The summed E-state index contributed by atoms with van der Waals surface area (Å²) in [5, 5.41) is 24.0. The lowest BCUT2D eigenvalue weighted by Gasteiger charge is -2.42. The summed E-state index contributed by atoms with van der Waals surface area (Å²) in [7, 11) is 1.48. The SMILES string of the molecule is C[C@@H](C(=O)N[C@H](C(=O)N1Cc2cc(OCCCCCCCCC(=O)NCCCn3c(CNc4cccc(C(=O)NCc5c(F)cccc5F)c4)nnc3-c3ccncn3)ccc2CC1C(=O)N[C@@H]1CCCc2ccccc21)C(C)(C)C)N(C)C(=O)OC(C)(C)C. The minimum absolute atomic E-state index is 0.0226. The summed E-state index contributed by atoms with van der Waals surface area (Å²) in [6.45, 7) is 13.9. The number of halogens is 2. The Morgan fingerprint density at radius 2 is 1.53 bits per heavy atom. The van der Waals surface area contributed by atoms with Crippen LogP contribution in [0.15, 0.2) is 104 Å². The van der Waals surface area contributed by atoms with Crippen LogP contribution in [0.1, 0.15) is 163 Å². The fraction of sp³-hybridized carbons (Fsp3) is 0.471. The Bertz CT molecular complexity index is 3440. The number of fused-ring (bicyclic) bond motifs is 2. The van der Waals surface area contributed by atoms with Crippen molar-refractivity contribution in [2.24, 2.45) is 5.41 Å². The van der Waals surface area contributed by atoms with E-state index in [2.05, 4.69) is 58.9 Å². The molecule has 20 nitrogen and oxygen atoms in total. The molecule has 0 spiro atoms. The zero-order valence-corrected chi connectivity index (χ0v) is 53.0. The predicted molar refractivity (Wildman–Crippen MR) is 337 cm³/mol. The van der Waals surface area contributed by atoms with Crippen LogP contribution < -0.4 is 31.3 Å². The molecule has 2 aromatic heterocycles. The Hall–Kier alpha value is -8.82. The zero-order valence-electron chi connectivity index (χ0n) is 53.0. The van der Waals surface area contributed by atoms with Crippen LogP contribution in [0.2, 0.25) is 0 Å². The first kappa shape index (κ1) is 67.1. The third kappa shape index (κ3) is 18.4. The molecule has 4 atom stereocenters. The first-order valence-corrected chi connectivity index (χ1v) is 31.2. The highest BCUT2D eigenvalue weighted by molar-refractivity contribution is 5.96. The lowest BCUT2D eigenvalue weighted by molar-refractivity contribution is -0.147. The molecule has 480 valence electrons. The zero-order chi connectivity index (χ0) is 64.5. The van der Waals surface area contributed by atoms with E-state index in [-0.39, 0.29) is 49.5 Å². The maximum Gasteiger partial charge on any atom is 0.410 e. The van der Waals surface area contributed by atoms with E-state index in [0.29, 0.717) is 66.9 Å². The number of unbranched alkanes of at least 4 members (excludes halogenated alkanes) is 5. The van der Waals surface area contributed by atoms with Crippen LogP contribution in [-0.4, -0.2) is 114 Å². The molecule has 6 aromatic rings. The summed E-state index contributed by atoms with van der Waals surface area (Å²) in [4.78, 5) is 93.6. The predicted octanol–water partition coefficient (Wildman–Crippen LogP) is 10.1. The van der Waals surface area contributed by atoms with Crippen LogP contribution in [0.4, 0.5) is 19.3 Å². The van der Waals surface area contributed by atoms with Crippen molar-refractivity contribution in [3.63, 3.8) is 0 Å². The largest absolute Gasteiger partial charge is 0.494 e. The van der Waals surface area contributed by atoms with Gasteiger partial charge in [0.25, 0.3) is 5.91 Å². The number of carbonyl (C=O) groups is 6. The number of aromatic nitrogens is 5. The Morgan fingerprint density at radius 3 is 2.28 bits per heavy atom. The third-order valence-corrected chi connectivity index (χ3v) is 16.3. The lowest BCUT2D eigenvalue weighted by Crippen LogP contribution is -2.62. The maximum absolute atomic E-state index is 15.1. The highest BCUT2D eigenvalue weighted by Gasteiger charge is 2.44. The molecule has 22 heteroatoms. The number of rotatable bonds is 27. The molecule has 5 N–H and O–H groups in total. The number of aryl methyl sites for hydroxylation is 1. The molecular weight excluding hydrogens is 1150 g/mol. The van der Waals surface area contributed by atoms with E-state index in [0.717, 1.165) is 86.6 Å². The summed E-state index contributed by atoms with van der Waals surface area (Å²) < 4.78 is 42.1. The molecule has 1 aliphatic heterocycles. The van der Waals surface area contributed by atoms with E-state index in [1.54, 1.807) is 69.1 Å². The third-order valence-electron chi connectivity index (χ3n) is 16.3. The van der Waals surface area contributed by atoms with E-state index in [1.807, 2.05) is 55.7 Å². The second kappa shape index (κ2) is 31.1. The van der Waals surface area contributed by atoms with Crippen molar-refractivity contribution in [2.75, 3.05) is 25.5 Å². The topological polar surface area (TPSA) is 244 Å². The van der Waals surface area contributed by atoms with Gasteiger partial charge >= 0.3 is 6.09 Å². The molecule has 0 radical (unpaired) electrons. The molecule has 3 heterocycles. The molecule has 4 aromatic carbocycles. The monoisotopic (exact) mass is 1240 g/mol. The molecule has 0 fully saturated rings. The van der Waals surface area contributed by atoms with Gasteiger partial charge in [0.2, 0.25) is 23.6 Å². The Balaban J connectivity index is 0.784. The standard InChI is InChI=1S/C68H86F2N12O8/c1-44(80(8)66(88)90-68(5,6)7)62(84)77-60(67(2,3)4)65(87)82-42-48-38-50(31-30-46(48)39-57(82)64(86)76-55-28-18-22-45-21-14-15-25-51(45)55)89-36-16-12-10-9-11-13-29-59(83)72-33-20-35-81-58(78-79-61(81)56-32-34-71-43-75-56)41-73-49-24-17-23-47(37-49)63(85)74-40-52-53(69)26-19-27-54(52)70/h14-15,17,19,21,23-27,30-32,34,37-38,43-44,55,57,60,73H,9-13,16,18,20,22,28-29,33,35-36,39-42H2,1-8H3,(H,72,83)(H,74,85)(H,76,86)(H,77,84)/t44-,55+,57?,60+/m0/s1. The van der Waals surface area contributed by atoms with Crippen LogP contribution in [0, 0.1) is 17.0 Å². The van der Waals surface area contributed by atoms with Gasteiger partial charge in [0.1, 0.15) is 53.1 Å². The normalized spacial score (nSPS) is 15.3. The van der Waals surface area contributed by atoms with Gasteiger partial charge in [0.15, 0.2) is 11.6 Å². The molecule has 2 aliphatic rings. The second-order valence-corrected chi connectivity index (χ2v) is 25.3. The Labute approximate surface area is 526 Å². The van der Waals surface area contributed by atoms with E-state index in [9.17, 15) is 32.8 Å². The van der Waals surface area contributed by atoms with Gasteiger partial charge in [-0.2, -0.15) is 0 Å². The number of nitrogens with one attached hydrogen (secondary N) is 5. The number of hydrogen-bond acceptors (Lipinski definition) is 13.